The number of carbonyl (C=O) groups is 1. The molecule has 0 spiro atoms. The third-order valence-electron chi connectivity index (χ3n) is 5.68. The van der Waals surface area contributed by atoms with Crippen LogP contribution in [-0.2, 0) is 0 Å². The van der Waals surface area contributed by atoms with E-state index in [0.717, 1.165) is 33.4 Å². The highest BCUT2D eigenvalue weighted by molar-refractivity contribution is 6.03. The van der Waals surface area contributed by atoms with Crippen molar-refractivity contribution < 1.29 is 9.90 Å². The van der Waals surface area contributed by atoms with Gasteiger partial charge in [0.25, 0.3) is 5.91 Å². The van der Waals surface area contributed by atoms with Crippen LogP contribution in [0.15, 0.2) is 77.9 Å². The molecule has 0 saturated carbocycles. The van der Waals surface area contributed by atoms with Crippen LogP contribution in [-0.4, -0.2) is 37.2 Å². The molecule has 0 fully saturated rings. The van der Waals surface area contributed by atoms with Crippen molar-refractivity contribution in [3.05, 3.63) is 95.4 Å². The van der Waals surface area contributed by atoms with E-state index in [9.17, 15) is 9.90 Å². The van der Waals surface area contributed by atoms with E-state index in [-0.39, 0.29) is 11.4 Å². The number of nitrogens with zero attached hydrogens (tertiary/aromatic N) is 4. The zero-order chi connectivity index (χ0) is 23.7. The summed E-state index contributed by atoms with van der Waals surface area (Å²) in [5.74, 6) is -0.359. The average molecular weight is 451 g/mol. The molecule has 0 atom stereocenters. The van der Waals surface area contributed by atoms with Gasteiger partial charge in [0.05, 0.1) is 29.0 Å². The largest absolute Gasteiger partial charge is 0.507 e. The fourth-order valence-electron chi connectivity index (χ4n) is 4.04. The zero-order valence-electron chi connectivity index (χ0n) is 18.6. The summed E-state index contributed by atoms with van der Waals surface area (Å²) in [6.07, 6.45) is 1.44. The van der Waals surface area contributed by atoms with Crippen molar-refractivity contribution in [3.63, 3.8) is 0 Å². The Morgan fingerprint density at radius 3 is 2.65 bits per heavy atom. The van der Waals surface area contributed by atoms with E-state index in [1.54, 1.807) is 12.1 Å². The normalized spacial score (nSPS) is 11.4. The first kappa shape index (κ1) is 21.1. The van der Waals surface area contributed by atoms with Gasteiger partial charge in [-0.05, 0) is 48.9 Å². The number of para-hydroxylation sites is 1. The summed E-state index contributed by atoms with van der Waals surface area (Å²) in [5.41, 5.74) is 7.46. The molecular formula is C26H22N6O2. The van der Waals surface area contributed by atoms with Gasteiger partial charge >= 0.3 is 0 Å². The summed E-state index contributed by atoms with van der Waals surface area (Å²) in [6.45, 7) is 3.88. The standard InChI is InChI=1S/C26H22N6O2/c1-16-25(17(2)32(31-16)19-9-4-3-5-10-19)22-14-23(29-28-22)26(34)30-27-15-21-20-11-7-6-8-18(20)12-13-24(21)33/h3-15,33H,1-2H3,(H,28,29)(H,30,34)/b27-15+. The Morgan fingerprint density at radius 1 is 1.06 bits per heavy atom. The maximum atomic E-state index is 12.6. The number of aryl methyl sites for hydroxylation is 1. The molecule has 8 nitrogen and oxygen atoms in total. The third-order valence-corrected chi connectivity index (χ3v) is 5.68. The number of amides is 1. The molecule has 3 aromatic carbocycles. The molecular weight excluding hydrogens is 428 g/mol. The number of H-pyrrole nitrogens is 1. The smallest absolute Gasteiger partial charge is 0.289 e. The molecule has 2 heterocycles. The van der Waals surface area contributed by atoms with Crippen LogP contribution in [0.25, 0.3) is 27.7 Å². The lowest BCUT2D eigenvalue weighted by Gasteiger charge is -2.04. The average Bonchev–Trinajstić information content (AvgIpc) is 3.45. The van der Waals surface area contributed by atoms with Crippen LogP contribution in [0, 0.1) is 13.8 Å². The van der Waals surface area contributed by atoms with E-state index < -0.39 is 5.91 Å². The number of carbonyl (C=O) groups excluding carboxylic acids is 1. The number of phenolic OH excluding ortho intramolecular Hbond substituents is 1. The van der Waals surface area contributed by atoms with Crippen molar-refractivity contribution in [2.24, 2.45) is 5.10 Å². The summed E-state index contributed by atoms with van der Waals surface area (Å²) in [7, 11) is 0. The number of nitrogens with one attached hydrogen (secondary N) is 2. The lowest BCUT2D eigenvalue weighted by atomic mass is 10.0. The molecule has 0 unspecified atom stereocenters. The van der Waals surface area contributed by atoms with E-state index >= 15 is 0 Å². The second-order valence-corrected chi connectivity index (χ2v) is 7.88. The molecule has 5 rings (SSSR count). The van der Waals surface area contributed by atoms with Crippen LogP contribution in [0.2, 0.25) is 0 Å². The second-order valence-electron chi connectivity index (χ2n) is 7.88. The summed E-state index contributed by atoms with van der Waals surface area (Å²) >= 11 is 0. The second kappa shape index (κ2) is 8.67. The number of hydrogen-bond acceptors (Lipinski definition) is 5. The molecule has 0 aliphatic rings. The number of aromatic amines is 1. The van der Waals surface area contributed by atoms with Gasteiger partial charge in [-0.3, -0.25) is 9.89 Å². The number of hydrazone groups is 1. The maximum Gasteiger partial charge on any atom is 0.289 e. The zero-order valence-corrected chi connectivity index (χ0v) is 18.6. The molecule has 0 bridgehead atoms. The molecule has 0 saturated heterocycles. The van der Waals surface area contributed by atoms with Crippen molar-refractivity contribution in [2.75, 3.05) is 0 Å². The van der Waals surface area contributed by atoms with Crippen LogP contribution >= 0.6 is 0 Å². The fourth-order valence-corrected chi connectivity index (χ4v) is 4.04. The first-order chi connectivity index (χ1) is 16.5. The summed E-state index contributed by atoms with van der Waals surface area (Å²) in [6, 6.07) is 22.6. The van der Waals surface area contributed by atoms with Gasteiger partial charge in [-0.1, -0.05) is 48.5 Å². The van der Waals surface area contributed by atoms with Crippen molar-refractivity contribution in [2.45, 2.75) is 13.8 Å². The van der Waals surface area contributed by atoms with Gasteiger partial charge in [0, 0.05) is 11.1 Å². The first-order valence-corrected chi connectivity index (χ1v) is 10.7. The summed E-state index contributed by atoms with van der Waals surface area (Å²) in [5, 5.41) is 27.8. The number of hydrogen-bond donors (Lipinski definition) is 3. The predicted octanol–water partition coefficient (Wildman–Crippen LogP) is 4.50. The summed E-state index contributed by atoms with van der Waals surface area (Å²) in [4.78, 5) is 12.6. The van der Waals surface area contributed by atoms with Gasteiger partial charge < -0.3 is 5.11 Å². The number of aromatic hydroxyl groups is 1. The van der Waals surface area contributed by atoms with Crippen LogP contribution in [0.1, 0.15) is 27.4 Å². The molecule has 168 valence electrons. The quantitative estimate of drug-likeness (QED) is 0.271. The Balaban J connectivity index is 1.37. The highest BCUT2D eigenvalue weighted by atomic mass is 16.3. The van der Waals surface area contributed by atoms with E-state index in [1.807, 2.05) is 79.2 Å². The van der Waals surface area contributed by atoms with E-state index in [2.05, 4.69) is 25.8 Å². The maximum absolute atomic E-state index is 12.6. The van der Waals surface area contributed by atoms with Crippen LogP contribution < -0.4 is 5.43 Å². The summed E-state index contributed by atoms with van der Waals surface area (Å²) < 4.78 is 1.86. The van der Waals surface area contributed by atoms with Crippen LogP contribution in [0.4, 0.5) is 0 Å². The van der Waals surface area contributed by atoms with Crippen LogP contribution in [0.3, 0.4) is 0 Å². The van der Waals surface area contributed by atoms with Gasteiger partial charge in [0.2, 0.25) is 0 Å². The molecule has 3 N–H and O–H groups in total. The first-order valence-electron chi connectivity index (χ1n) is 10.7. The minimum absolute atomic E-state index is 0.0851. The number of rotatable bonds is 5. The number of fused-ring (bicyclic) bond motifs is 1. The van der Waals surface area contributed by atoms with Crippen molar-refractivity contribution in [1.82, 2.24) is 25.4 Å². The topological polar surface area (TPSA) is 108 Å². The van der Waals surface area contributed by atoms with E-state index in [1.165, 1.54) is 6.21 Å². The number of benzene rings is 3. The Hall–Kier alpha value is -4.72. The number of phenols is 1. The van der Waals surface area contributed by atoms with Gasteiger partial charge in [-0.2, -0.15) is 15.3 Å². The number of aromatic nitrogens is 4. The molecule has 2 aromatic heterocycles. The highest BCUT2D eigenvalue weighted by Gasteiger charge is 2.19. The Kier molecular flexibility index (Phi) is 5.39. The molecule has 8 heteroatoms. The minimum Gasteiger partial charge on any atom is -0.507 e. The van der Waals surface area contributed by atoms with Crippen molar-refractivity contribution in [1.29, 1.82) is 0 Å². The molecule has 0 aliphatic heterocycles. The van der Waals surface area contributed by atoms with Crippen LogP contribution in [0.5, 0.6) is 5.75 Å². The fraction of sp³-hybridized carbons (Fsp3) is 0.0769. The molecule has 34 heavy (non-hydrogen) atoms. The minimum atomic E-state index is -0.444. The SMILES string of the molecule is Cc1nn(-c2ccccc2)c(C)c1-c1cc(C(=O)N/N=C/c2c(O)ccc3ccccc23)[nH]n1. The van der Waals surface area contributed by atoms with Gasteiger partial charge in [0.1, 0.15) is 11.4 Å². The highest BCUT2D eigenvalue weighted by Crippen LogP contribution is 2.28. The van der Waals surface area contributed by atoms with Gasteiger partial charge in [0.15, 0.2) is 0 Å². The third kappa shape index (κ3) is 3.81. The van der Waals surface area contributed by atoms with Gasteiger partial charge in [-0.15, -0.1) is 0 Å². The Morgan fingerprint density at radius 2 is 1.82 bits per heavy atom. The van der Waals surface area contributed by atoms with Crippen molar-refractivity contribution in [3.8, 4) is 22.7 Å². The Labute approximate surface area is 195 Å². The predicted molar refractivity (Wildman–Crippen MR) is 131 cm³/mol. The van der Waals surface area contributed by atoms with Crippen molar-refractivity contribution >= 4 is 22.9 Å². The Bertz CT molecular complexity index is 1530. The monoisotopic (exact) mass is 450 g/mol. The lowest BCUT2D eigenvalue weighted by Crippen LogP contribution is -2.18. The lowest BCUT2D eigenvalue weighted by molar-refractivity contribution is 0.0950. The van der Waals surface area contributed by atoms with E-state index in [4.69, 9.17) is 0 Å². The molecule has 5 aromatic rings. The molecule has 0 aliphatic carbocycles. The molecule has 1 amide bonds. The van der Waals surface area contributed by atoms with Gasteiger partial charge in [-0.25, -0.2) is 10.1 Å². The van der Waals surface area contributed by atoms with E-state index in [0.29, 0.717) is 11.3 Å². The molecule has 0 radical (unpaired) electrons.